The Morgan fingerprint density at radius 1 is 1.64 bits per heavy atom. The van der Waals surface area contributed by atoms with Crippen molar-refractivity contribution in [1.82, 2.24) is 10.2 Å². The summed E-state index contributed by atoms with van der Waals surface area (Å²) in [6.07, 6.45) is 1.26. The van der Waals surface area contributed by atoms with Gasteiger partial charge in [-0.15, -0.1) is 16.4 Å². The van der Waals surface area contributed by atoms with Crippen LogP contribution in [-0.2, 0) is 6.54 Å². The van der Waals surface area contributed by atoms with Crippen LogP contribution in [0.4, 0.5) is 6.01 Å². The summed E-state index contributed by atoms with van der Waals surface area (Å²) < 4.78 is 4.89. The molecule has 0 amide bonds. The standard InChI is InChI=1S/C8H6N4OS/c9-2-6-1-7(14-4-6)3-10-8-12-11-5-13-8/h1,4-5H,3H2,(H,10,12). The monoisotopic (exact) mass is 206 g/mol. The van der Waals surface area contributed by atoms with Crippen LogP contribution in [0, 0.1) is 11.3 Å². The van der Waals surface area contributed by atoms with Gasteiger partial charge in [0.15, 0.2) is 0 Å². The molecule has 0 spiro atoms. The third kappa shape index (κ3) is 1.89. The number of aromatic nitrogens is 2. The first-order chi connectivity index (χ1) is 6.88. The van der Waals surface area contributed by atoms with Crippen molar-refractivity contribution in [1.29, 1.82) is 5.26 Å². The minimum Gasteiger partial charge on any atom is -0.411 e. The quantitative estimate of drug-likeness (QED) is 0.825. The van der Waals surface area contributed by atoms with Gasteiger partial charge in [-0.1, -0.05) is 5.10 Å². The third-order valence-electron chi connectivity index (χ3n) is 1.56. The van der Waals surface area contributed by atoms with Crippen molar-refractivity contribution < 1.29 is 4.42 Å². The molecule has 0 aliphatic carbocycles. The first kappa shape index (κ1) is 8.72. The molecule has 0 unspecified atom stereocenters. The van der Waals surface area contributed by atoms with Crippen LogP contribution in [0.5, 0.6) is 0 Å². The summed E-state index contributed by atoms with van der Waals surface area (Å²) in [5.41, 5.74) is 0.678. The highest BCUT2D eigenvalue weighted by Crippen LogP contribution is 2.14. The van der Waals surface area contributed by atoms with Crippen LogP contribution in [-0.4, -0.2) is 10.2 Å². The summed E-state index contributed by atoms with van der Waals surface area (Å²) >= 11 is 1.52. The van der Waals surface area contributed by atoms with Crippen molar-refractivity contribution in [3.63, 3.8) is 0 Å². The summed E-state index contributed by atoms with van der Waals surface area (Å²) in [7, 11) is 0. The molecule has 0 bridgehead atoms. The van der Waals surface area contributed by atoms with E-state index < -0.39 is 0 Å². The SMILES string of the molecule is N#Cc1csc(CNc2nnco2)c1. The Morgan fingerprint density at radius 2 is 2.57 bits per heavy atom. The molecule has 0 saturated carbocycles. The number of anilines is 1. The smallest absolute Gasteiger partial charge is 0.315 e. The number of nitriles is 1. The Hall–Kier alpha value is -1.87. The first-order valence-electron chi connectivity index (χ1n) is 3.86. The van der Waals surface area contributed by atoms with Crippen LogP contribution in [0.15, 0.2) is 22.3 Å². The number of hydrogen-bond donors (Lipinski definition) is 1. The molecule has 70 valence electrons. The number of hydrogen-bond acceptors (Lipinski definition) is 6. The van der Waals surface area contributed by atoms with E-state index in [1.165, 1.54) is 17.7 Å². The third-order valence-corrected chi connectivity index (χ3v) is 2.49. The van der Waals surface area contributed by atoms with Gasteiger partial charge in [-0.3, -0.25) is 0 Å². The maximum Gasteiger partial charge on any atom is 0.315 e. The molecule has 5 nitrogen and oxygen atoms in total. The van der Waals surface area contributed by atoms with E-state index >= 15 is 0 Å². The molecule has 0 radical (unpaired) electrons. The predicted molar refractivity (Wildman–Crippen MR) is 50.7 cm³/mol. The number of nitrogens with one attached hydrogen (secondary N) is 1. The lowest BCUT2D eigenvalue weighted by molar-refractivity contribution is 0.565. The van der Waals surface area contributed by atoms with Crippen molar-refractivity contribution in [2.75, 3.05) is 5.32 Å². The van der Waals surface area contributed by atoms with Gasteiger partial charge in [0.1, 0.15) is 6.07 Å². The zero-order valence-corrected chi connectivity index (χ0v) is 7.91. The second-order valence-corrected chi connectivity index (χ2v) is 3.51. The maximum absolute atomic E-state index is 8.60. The second kappa shape index (κ2) is 3.89. The van der Waals surface area contributed by atoms with Crippen LogP contribution in [0.2, 0.25) is 0 Å². The molecule has 0 saturated heterocycles. The average Bonchev–Trinajstić information content (AvgIpc) is 2.86. The molecule has 0 aliphatic rings. The molecule has 2 rings (SSSR count). The largest absolute Gasteiger partial charge is 0.411 e. The van der Waals surface area contributed by atoms with Crippen molar-refractivity contribution in [2.45, 2.75) is 6.54 Å². The molecule has 0 atom stereocenters. The zero-order valence-electron chi connectivity index (χ0n) is 7.10. The molecule has 0 fully saturated rings. The molecule has 0 aliphatic heterocycles. The Bertz CT molecular complexity index is 442. The molecule has 2 heterocycles. The van der Waals surface area contributed by atoms with E-state index in [0.717, 1.165) is 4.88 Å². The van der Waals surface area contributed by atoms with E-state index in [9.17, 15) is 0 Å². The Balaban J connectivity index is 1.96. The summed E-state index contributed by atoms with van der Waals surface area (Å²) in [6, 6.07) is 4.29. The first-order valence-corrected chi connectivity index (χ1v) is 4.74. The molecular formula is C8H6N4OS. The second-order valence-electron chi connectivity index (χ2n) is 2.51. The van der Waals surface area contributed by atoms with Gasteiger partial charge >= 0.3 is 6.01 Å². The van der Waals surface area contributed by atoms with Crippen LogP contribution in [0.1, 0.15) is 10.4 Å². The lowest BCUT2D eigenvalue weighted by atomic mass is 10.3. The van der Waals surface area contributed by atoms with Crippen molar-refractivity contribution >= 4 is 17.4 Å². The lowest BCUT2D eigenvalue weighted by Gasteiger charge is -1.95. The van der Waals surface area contributed by atoms with E-state index in [4.69, 9.17) is 9.68 Å². The van der Waals surface area contributed by atoms with Gasteiger partial charge in [0.05, 0.1) is 12.1 Å². The van der Waals surface area contributed by atoms with E-state index in [-0.39, 0.29) is 0 Å². The van der Waals surface area contributed by atoms with Gasteiger partial charge in [0, 0.05) is 10.3 Å². The average molecular weight is 206 g/mol. The molecule has 6 heteroatoms. The van der Waals surface area contributed by atoms with E-state index in [0.29, 0.717) is 18.1 Å². The minimum atomic E-state index is 0.386. The van der Waals surface area contributed by atoms with Gasteiger partial charge in [-0.05, 0) is 6.07 Å². The van der Waals surface area contributed by atoms with Crippen LogP contribution < -0.4 is 5.32 Å². The van der Waals surface area contributed by atoms with Crippen LogP contribution in [0.3, 0.4) is 0 Å². The maximum atomic E-state index is 8.60. The Morgan fingerprint density at radius 3 is 3.21 bits per heavy atom. The van der Waals surface area contributed by atoms with Crippen LogP contribution >= 0.6 is 11.3 Å². The molecule has 2 aromatic rings. The molecular weight excluding hydrogens is 200 g/mol. The summed E-state index contributed by atoms with van der Waals surface area (Å²) in [5, 5.41) is 20.5. The minimum absolute atomic E-state index is 0.386. The Kier molecular flexibility index (Phi) is 2.42. The fraction of sp³-hybridized carbons (Fsp3) is 0.125. The van der Waals surface area contributed by atoms with Gasteiger partial charge in [-0.25, -0.2) is 0 Å². The normalized spacial score (nSPS) is 9.64. The van der Waals surface area contributed by atoms with Gasteiger partial charge in [0.2, 0.25) is 6.39 Å². The zero-order chi connectivity index (χ0) is 9.80. The molecule has 0 aromatic carbocycles. The summed E-state index contributed by atoms with van der Waals surface area (Å²) in [5.74, 6) is 0. The van der Waals surface area contributed by atoms with Gasteiger partial charge in [0.25, 0.3) is 0 Å². The Labute approximate surface area is 84.0 Å². The predicted octanol–water partition coefficient (Wildman–Crippen LogP) is 1.61. The number of rotatable bonds is 3. The van der Waals surface area contributed by atoms with Crippen molar-refractivity contribution in [3.05, 3.63) is 28.3 Å². The summed E-state index contributed by atoms with van der Waals surface area (Å²) in [6.45, 7) is 0.592. The molecule has 2 aromatic heterocycles. The fourth-order valence-electron chi connectivity index (χ4n) is 0.945. The topological polar surface area (TPSA) is 74.7 Å². The van der Waals surface area contributed by atoms with E-state index in [1.807, 2.05) is 11.4 Å². The lowest BCUT2D eigenvalue weighted by Crippen LogP contribution is -1.97. The summed E-state index contributed by atoms with van der Waals surface area (Å²) in [4.78, 5) is 1.06. The van der Waals surface area contributed by atoms with Crippen molar-refractivity contribution in [2.24, 2.45) is 0 Å². The molecule has 1 N–H and O–H groups in total. The number of nitrogens with zero attached hydrogens (tertiary/aromatic N) is 3. The number of thiophene rings is 1. The van der Waals surface area contributed by atoms with Gasteiger partial charge in [-0.2, -0.15) is 5.26 Å². The molecule has 14 heavy (non-hydrogen) atoms. The highest BCUT2D eigenvalue weighted by molar-refractivity contribution is 7.10. The van der Waals surface area contributed by atoms with Gasteiger partial charge < -0.3 is 9.73 Å². The van der Waals surface area contributed by atoms with E-state index in [2.05, 4.69) is 21.6 Å². The highest BCUT2D eigenvalue weighted by Gasteiger charge is 2.01. The fourth-order valence-corrected chi connectivity index (χ4v) is 1.69. The highest BCUT2D eigenvalue weighted by atomic mass is 32.1. The van der Waals surface area contributed by atoms with Crippen LogP contribution in [0.25, 0.3) is 0 Å². The van der Waals surface area contributed by atoms with Crippen molar-refractivity contribution in [3.8, 4) is 6.07 Å². The van der Waals surface area contributed by atoms with E-state index in [1.54, 1.807) is 0 Å².